The lowest BCUT2D eigenvalue weighted by Gasteiger charge is -2.38. The Kier molecular flexibility index (Phi) is 4.02. The summed E-state index contributed by atoms with van der Waals surface area (Å²) in [5.41, 5.74) is 6.23. The van der Waals surface area contributed by atoms with Gasteiger partial charge in [0.05, 0.1) is 12.1 Å². The van der Waals surface area contributed by atoms with E-state index in [1.807, 2.05) is 0 Å². The lowest BCUT2D eigenvalue weighted by Crippen LogP contribution is -2.42. The number of hydrogen-bond acceptors (Lipinski definition) is 3. The topological polar surface area (TPSA) is 59.5 Å². The fraction of sp³-hybridized carbons (Fsp3) is 0.688. The van der Waals surface area contributed by atoms with Crippen LogP contribution in [0.25, 0.3) is 0 Å². The van der Waals surface area contributed by atoms with E-state index in [4.69, 9.17) is 10.2 Å². The van der Waals surface area contributed by atoms with Gasteiger partial charge in [0.1, 0.15) is 12.0 Å². The molecule has 21 heavy (non-hydrogen) atoms. The highest BCUT2D eigenvalue weighted by molar-refractivity contribution is 5.94. The van der Waals surface area contributed by atoms with Gasteiger partial charge in [0, 0.05) is 12.6 Å². The van der Waals surface area contributed by atoms with E-state index >= 15 is 0 Å². The smallest absolute Gasteiger partial charge is 0.257 e. The van der Waals surface area contributed by atoms with Crippen molar-refractivity contribution in [1.29, 1.82) is 0 Å². The van der Waals surface area contributed by atoms with Crippen LogP contribution in [0.4, 0.5) is 0 Å². The summed E-state index contributed by atoms with van der Waals surface area (Å²) < 4.78 is 5.33. The van der Waals surface area contributed by atoms with E-state index in [0.717, 1.165) is 24.3 Å². The molecular formula is C16H23ClN2O2. The zero-order valence-electron chi connectivity index (χ0n) is 12.2. The van der Waals surface area contributed by atoms with Crippen LogP contribution in [0.3, 0.4) is 0 Å². The first kappa shape index (κ1) is 14.9. The molecule has 5 rings (SSSR count). The first-order valence-electron chi connectivity index (χ1n) is 7.81. The van der Waals surface area contributed by atoms with Crippen molar-refractivity contribution in [1.82, 2.24) is 4.90 Å². The minimum atomic E-state index is 0. The first-order valence-corrected chi connectivity index (χ1v) is 7.81. The lowest BCUT2D eigenvalue weighted by molar-refractivity contribution is 0.0632. The molecule has 0 aromatic carbocycles. The second-order valence-electron chi connectivity index (χ2n) is 6.89. The number of carbonyl (C=O) groups is 1. The average molecular weight is 311 g/mol. The van der Waals surface area contributed by atoms with Crippen molar-refractivity contribution in [2.45, 2.75) is 44.7 Å². The van der Waals surface area contributed by atoms with E-state index in [-0.39, 0.29) is 18.3 Å². The van der Waals surface area contributed by atoms with E-state index in [0.29, 0.717) is 23.9 Å². The lowest BCUT2D eigenvalue weighted by atomic mass is 9.68. The molecule has 4 fully saturated rings. The van der Waals surface area contributed by atoms with Gasteiger partial charge in [-0.05, 0) is 55.9 Å². The molecule has 2 aliphatic carbocycles. The van der Waals surface area contributed by atoms with Gasteiger partial charge in [-0.15, -0.1) is 12.4 Å². The van der Waals surface area contributed by atoms with Crippen molar-refractivity contribution in [2.75, 3.05) is 6.54 Å². The SMILES string of the molecule is Cl.NCc1cc(C(=O)N2CC3CC4CC(C3)CC2C4)co1. The number of hydrogen-bond donors (Lipinski definition) is 1. The van der Waals surface area contributed by atoms with Crippen molar-refractivity contribution in [3.63, 3.8) is 0 Å². The van der Waals surface area contributed by atoms with Crippen molar-refractivity contribution in [3.05, 3.63) is 23.7 Å². The molecule has 2 aliphatic heterocycles. The number of nitrogens with zero attached hydrogens (tertiary/aromatic N) is 1. The third kappa shape index (κ3) is 2.59. The largest absolute Gasteiger partial charge is 0.467 e. The number of carbonyl (C=O) groups excluding carboxylic acids is 1. The summed E-state index contributed by atoms with van der Waals surface area (Å²) in [5, 5.41) is 0. The van der Waals surface area contributed by atoms with Gasteiger partial charge in [0.25, 0.3) is 5.91 Å². The molecule has 2 unspecified atom stereocenters. The van der Waals surface area contributed by atoms with Crippen LogP contribution in [-0.2, 0) is 6.54 Å². The van der Waals surface area contributed by atoms with Crippen molar-refractivity contribution in [3.8, 4) is 0 Å². The third-order valence-electron chi connectivity index (χ3n) is 5.47. The second-order valence-corrected chi connectivity index (χ2v) is 6.89. The monoisotopic (exact) mass is 310 g/mol. The molecule has 2 atom stereocenters. The Bertz CT molecular complexity index is 516. The van der Waals surface area contributed by atoms with Crippen LogP contribution in [0.1, 0.15) is 48.2 Å². The second kappa shape index (κ2) is 5.65. The summed E-state index contributed by atoms with van der Waals surface area (Å²) in [6.45, 7) is 1.29. The van der Waals surface area contributed by atoms with Gasteiger partial charge in [-0.3, -0.25) is 4.79 Å². The molecule has 4 aliphatic rings. The van der Waals surface area contributed by atoms with Crippen LogP contribution in [0, 0.1) is 17.8 Å². The predicted octanol–water partition coefficient (Wildman–Crippen LogP) is 2.81. The Hall–Kier alpha value is -1.00. The molecule has 0 spiro atoms. The molecule has 0 radical (unpaired) electrons. The maximum Gasteiger partial charge on any atom is 0.257 e. The maximum absolute atomic E-state index is 12.8. The number of furan rings is 1. The fourth-order valence-electron chi connectivity index (χ4n) is 4.80. The van der Waals surface area contributed by atoms with Crippen molar-refractivity contribution < 1.29 is 9.21 Å². The highest BCUT2D eigenvalue weighted by atomic mass is 35.5. The Balaban J connectivity index is 0.00000132. The van der Waals surface area contributed by atoms with E-state index in [9.17, 15) is 4.79 Å². The van der Waals surface area contributed by atoms with Gasteiger partial charge in [0.2, 0.25) is 0 Å². The molecule has 5 heteroatoms. The molecule has 116 valence electrons. The molecular weight excluding hydrogens is 288 g/mol. The predicted molar refractivity (Wildman–Crippen MR) is 82.2 cm³/mol. The molecule has 4 bridgehead atoms. The van der Waals surface area contributed by atoms with E-state index in [1.165, 1.54) is 32.1 Å². The summed E-state index contributed by atoms with van der Waals surface area (Å²) in [4.78, 5) is 14.9. The Morgan fingerprint density at radius 3 is 2.48 bits per heavy atom. The number of fused-ring (bicyclic) bond motifs is 1. The number of nitrogens with two attached hydrogens (primary N) is 1. The van der Waals surface area contributed by atoms with E-state index in [1.54, 1.807) is 12.3 Å². The summed E-state index contributed by atoms with van der Waals surface area (Å²) >= 11 is 0. The Morgan fingerprint density at radius 2 is 1.86 bits per heavy atom. The van der Waals surface area contributed by atoms with Gasteiger partial charge < -0.3 is 15.1 Å². The molecule has 2 N–H and O–H groups in total. The van der Waals surface area contributed by atoms with Crippen LogP contribution in [0.15, 0.2) is 16.7 Å². The van der Waals surface area contributed by atoms with Crippen LogP contribution in [0.2, 0.25) is 0 Å². The molecule has 2 saturated carbocycles. The number of halogens is 1. The fourth-order valence-corrected chi connectivity index (χ4v) is 4.80. The summed E-state index contributed by atoms with van der Waals surface area (Å²) in [6, 6.07) is 2.26. The Labute approximate surface area is 131 Å². The minimum absolute atomic E-state index is 0. The Morgan fingerprint density at radius 1 is 1.19 bits per heavy atom. The molecule has 1 aromatic heterocycles. The van der Waals surface area contributed by atoms with Gasteiger partial charge in [-0.1, -0.05) is 0 Å². The van der Waals surface area contributed by atoms with Gasteiger partial charge in [0.15, 0.2) is 0 Å². The van der Waals surface area contributed by atoms with Crippen molar-refractivity contribution in [2.24, 2.45) is 23.5 Å². The average Bonchev–Trinajstić information content (AvgIpc) is 2.83. The van der Waals surface area contributed by atoms with Crippen molar-refractivity contribution >= 4 is 18.3 Å². The van der Waals surface area contributed by atoms with Crippen LogP contribution >= 0.6 is 12.4 Å². The first-order chi connectivity index (χ1) is 9.72. The molecule has 3 heterocycles. The summed E-state index contributed by atoms with van der Waals surface area (Å²) in [5.74, 6) is 3.27. The molecule has 1 aromatic rings. The van der Waals surface area contributed by atoms with Crippen LogP contribution < -0.4 is 5.73 Å². The quantitative estimate of drug-likeness (QED) is 0.913. The normalized spacial score (nSPS) is 33.7. The van der Waals surface area contributed by atoms with E-state index < -0.39 is 0 Å². The molecule has 1 amide bonds. The summed E-state index contributed by atoms with van der Waals surface area (Å²) in [7, 11) is 0. The maximum atomic E-state index is 12.8. The highest BCUT2D eigenvalue weighted by Crippen LogP contribution is 2.47. The zero-order chi connectivity index (χ0) is 13.7. The molecule has 2 saturated heterocycles. The molecule has 4 nitrogen and oxygen atoms in total. The van der Waals surface area contributed by atoms with Gasteiger partial charge in [-0.2, -0.15) is 0 Å². The van der Waals surface area contributed by atoms with Gasteiger partial charge in [-0.25, -0.2) is 0 Å². The minimum Gasteiger partial charge on any atom is -0.467 e. The number of amides is 1. The van der Waals surface area contributed by atoms with E-state index in [2.05, 4.69) is 4.90 Å². The van der Waals surface area contributed by atoms with Crippen LogP contribution in [-0.4, -0.2) is 23.4 Å². The third-order valence-corrected chi connectivity index (χ3v) is 5.47. The summed E-state index contributed by atoms with van der Waals surface area (Å²) in [6.07, 6.45) is 8.05. The van der Waals surface area contributed by atoms with Crippen LogP contribution in [0.5, 0.6) is 0 Å². The van der Waals surface area contributed by atoms with Gasteiger partial charge >= 0.3 is 0 Å². The highest BCUT2D eigenvalue weighted by Gasteiger charge is 2.44. The number of rotatable bonds is 2. The zero-order valence-corrected chi connectivity index (χ0v) is 13.0. The standard InChI is InChI=1S/C16H22N2O2.ClH/c17-7-15-6-13(9-20-15)16(19)18-8-12-2-10-1-11(3-12)5-14(18)4-10;/h6,9-12,14H,1-5,7-8,17H2;1H.